The lowest BCUT2D eigenvalue weighted by Gasteiger charge is -2.12. The SMILES string of the molecule is CCc1noc(CC)c1CNC(=NC)NCCCOCc1ccco1. The van der Waals surface area contributed by atoms with E-state index in [2.05, 4.69) is 34.6 Å². The maximum atomic E-state index is 5.56. The van der Waals surface area contributed by atoms with Crippen LogP contribution >= 0.6 is 0 Å². The fourth-order valence-corrected chi connectivity index (χ4v) is 2.48. The van der Waals surface area contributed by atoms with E-state index in [4.69, 9.17) is 13.7 Å². The third kappa shape index (κ3) is 5.94. The zero-order valence-electron chi connectivity index (χ0n) is 15.3. The maximum Gasteiger partial charge on any atom is 0.191 e. The molecule has 0 bridgehead atoms. The van der Waals surface area contributed by atoms with Gasteiger partial charge in [0.15, 0.2) is 5.96 Å². The van der Waals surface area contributed by atoms with Crippen LogP contribution in [0.5, 0.6) is 0 Å². The van der Waals surface area contributed by atoms with Crippen LogP contribution in [0.25, 0.3) is 0 Å². The van der Waals surface area contributed by atoms with E-state index < -0.39 is 0 Å². The molecule has 7 heteroatoms. The van der Waals surface area contributed by atoms with Gasteiger partial charge < -0.3 is 24.3 Å². The van der Waals surface area contributed by atoms with Gasteiger partial charge in [-0.15, -0.1) is 0 Å². The van der Waals surface area contributed by atoms with Crippen LogP contribution in [-0.4, -0.2) is 31.3 Å². The highest BCUT2D eigenvalue weighted by atomic mass is 16.5. The number of aryl methyl sites for hydroxylation is 2. The fourth-order valence-electron chi connectivity index (χ4n) is 2.48. The summed E-state index contributed by atoms with van der Waals surface area (Å²) >= 11 is 0. The molecule has 0 fully saturated rings. The summed E-state index contributed by atoms with van der Waals surface area (Å²) in [5.74, 6) is 2.54. The largest absolute Gasteiger partial charge is 0.467 e. The number of aliphatic imine (C=N–C) groups is 1. The number of guanidine groups is 1. The lowest BCUT2D eigenvalue weighted by molar-refractivity contribution is 0.105. The first-order valence-electron chi connectivity index (χ1n) is 8.79. The second-order valence-corrected chi connectivity index (χ2v) is 5.58. The van der Waals surface area contributed by atoms with Crippen molar-refractivity contribution >= 4 is 5.96 Å². The molecule has 0 aliphatic rings. The zero-order chi connectivity index (χ0) is 17.9. The Morgan fingerprint density at radius 3 is 2.84 bits per heavy atom. The third-order valence-electron chi connectivity index (χ3n) is 3.85. The summed E-state index contributed by atoms with van der Waals surface area (Å²) in [5.41, 5.74) is 2.14. The molecule has 138 valence electrons. The van der Waals surface area contributed by atoms with Gasteiger partial charge in [0.2, 0.25) is 0 Å². The van der Waals surface area contributed by atoms with E-state index in [1.165, 1.54) is 0 Å². The number of hydrogen-bond donors (Lipinski definition) is 2. The van der Waals surface area contributed by atoms with Gasteiger partial charge in [0.25, 0.3) is 0 Å². The van der Waals surface area contributed by atoms with Gasteiger partial charge in [-0.2, -0.15) is 0 Å². The quantitative estimate of drug-likeness (QED) is 0.390. The zero-order valence-corrected chi connectivity index (χ0v) is 15.3. The van der Waals surface area contributed by atoms with Crippen molar-refractivity contribution in [1.29, 1.82) is 0 Å². The Hall–Kier alpha value is -2.28. The molecule has 2 rings (SSSR count). The number of hydrogen-bond acceptors (Lipinski definition) is 5. The Labute approximate surface area is 148 Å². The molecule has 0 saturated carbocycles. The molecule has 0 amide bonds. The molecule has 0 aliphatic carbocycles. The number of furan rings is 1. The first kappa shape index (κ1) is 19.1. The highest BCUT2D eigenvalue weighted by Crippen LogP contribution is 2.15. The smallest absolute Gasteiger partial charge is 0.191 e. The molecule has 0 saturated heterocycles. The molecule has 2 heterocycles. The van der Waals surface area contributed by atoms with Crippen molar-refractivity contribution < 1.29 is 13.7 Å². The van der Waals surface area contributed by atoms with Crippen LogP contribution in [-0.2, 0) is 30.7 Å². The van der Waals surface area contributed by atoms with E-state index in [0.29, 0.717) is 19.8 Å². The van der Waals surface area contributed by atoms with Crippen molar-refractivity contribution in [1.82, 2.24) is 15.8 Å². The number of nitrogens with zero attached hydrogens (tertiary/aromatic N) is 2. The van der Waals surface area contributed by atoms with Crippen molar-refractivity contribution in [2.75, 3.05) is 20.2 Å². The van der Waals surface area contributed by atoms with Crippen LogP contribution in [0, 0.1) is 0 Å². The van der Waals surface area contributed by atoms with Crippen LogP contribution in [0.4, 0.5) is 0 Å². The van der Waals surface area contributed by atoms with Crippen molar-refractivity contribution in [3.8, 4) is 0 Å². The van der Waals surface area contributed by atoms with Gasteiger partial charge in [0.05, 0.1) is 12.0 Å². The van der Waals surface area contributed by atoms with Crippen LogP contribution in [0.3, 0.4) is 0 Å². The van der Waals surface area contributed by atoms with Crippen molar-refractivity contribution in [3.63, 3.8) is 0 Å². The summed E-state index contributed by atoms with van der Waals surface area (Å²) in [6, 6.07) is 3.77. The summed E-state index contributed by atoms with van der Waals surface area (Å²) in [7, 11) is 1.76. The van der Waals surface area contributed by atoms with Gasteiger partial charge in [0.1, 0.15) is 18.1 Å². The fraction of sp³-hybridized carbons (Fsp3) is 0.556. The Morgan fingerprint density at radius 2 is 2.16 bits per heavy atom. The van der Waals surface area contributed by atoms with Gasteiger partial charge in [-0.25, -0.2) is 0 Å². The van der Waals surface area contributed by atoms with Crippen molar-refractivity contribution in [2.24, 2.45) is 4.99 Å². The minimum Gasteiger partial charge on any atom is -0.467 e. The van der Waals surface area contributed by atoms with E-state index in [9.17, 15) is 0 Å². The summed E-state index contributed by atoms with van der Waals surface area (Å²) in [6.07, 6.45) is 4.23. The molecule has 2 aromatic rings. The normalized spacial score (nSPS) is 11.7. The molecule has 25 heavy (non-hydrogen) atoms. The predicted molar refractivity (Wildman–Crippen MR) is 96.4 cm³/mol. The Balaban J connectivity index is 1.66. The predicted octanol–water partition coefficient (Wildman–Crippen LogP) is 2.66. The van der Waals surface area contributed by atoms with E-state index >= 15 is 0 Å². The molecule has 0 spiro atoms. The van der Waals surface area contributed by atoms with Crippen molar-refractivity contribution in [2.45, 2.75) is 46.3 Å². The average Bonchev–Trinajstić information content (AvgIpc) is 3.29. The van der Waals surface area contributed by atoms with E-state index in [1.807, 2.05) is 12.1 Å². The molecule has 2 aromatic heterocycles. The summed E-state index contributed by atoms with van der Waals surface area (Å²) in [4.78, 5) is 4.24. The molecule has 0 aliphatic heterocycles. The Morgan fingerprint density at radius 1 is 1.28 bits per heavy atom. The van der Waals surface area contributed by atoms with Crippen LogP contribution in [0.1, 0.15) is 43.0 Å². The molecule has 0 unspecified atom stereocenters. The van der Waals surface area contributed by atoms with E-state index in [0.717, 1.165) is 54.5 Å². The van der Waals surface area contributed by atoms with Gasteiger partial charge in [-0.1, -0.05) is 19.0 Å². The molecule has 0 atom stereocenters. The minimum atomic E-state index is 0.507. The van der Waals surface area contributed by atoms with Gasteiger partial charge in [0, 0.05) is 38.7 Å². The first-order valence-corrected chi connectivity index (χ1v) is 8.79. The molecule has 0 radical (unpaired) electrons. The number of ether oxygens (including phenoxy) is 1. The first-order chi connectivity index (χ1) is 12.3. The molecule has 2 N–H and O–H groups in total. The Kier molecular flexibility index (Phi) is 8.04. The van der Waals surface area contributed by atoms with Crippen LogP contribution in [0.15, 0.2) is 32.3 Å². The van der Waals surface area contributed by atoms with E-state index in [-0.39, 0.29) is 0 Å². The second-order valence-electron chi connectivity index (χ2n) is 5.58. The number of aromatic nitrogens is 1. The van der Waals surface area contributed by atoms with Gasteiger partial charge >= 0.3 is 0 Å². The molecule has 7 nitrogen and oxygen atoms in total. The number of rotatable bonds is 10. The standard InChI is InChI=1S/C18H28N4O3/c1-4-16-15(17(5-2)25-22-16)12-21-18(19-3)20-9-7-10-23-13-14-8-6-11-24-14/h6,8,11H,4-5,7,9-10,12-13H2,1-3H3,(H2,19,20,21). The summed E-state index contributed by atoms with van der Waals surface area (Å²) in [6.45, 7) is 6.76. The average molecular weight is 348 g/mol. The van der Waals surface area contributed by atoms with Crippen molar-refractivity contribution in [3.05, 3.63) is 41.2 Å². The molecule has 0 aromatic carbocycles. The second kappa shape index (κ2) is 10.6. The highest BCUT2D eigenvalue weighted by molar-refractivity contribution is 5.79. The third-order valence-corrected chi connectivity index (χ3v) is 3.85. The lowest BCUT2D eigenvalue weighted by atomic mass is 10.1. The van der Waals surface area contributed by atoms with Crippen LogP contribution < -0.4 is 10.6 Å². The summed E-state index contributed by atoms with van der Waals surface area (Å²) < 4.78 is 16.2. The maximum absolute atomic E-state index is 5.56. The lowest BCUT2D eigenvalue weighted by Crippen LogP contribution is -2.37. The van der Waals surface area contributed by atoms with Gasteiger partial charge in [-0.3, -0.25) is 4.99 Å². The molecular weight excluding hydrogens is 320 g/mol. The van der Waals surface area contributed by atoms with Gasteiger partial charge in [-0.05, 0) is 25.0 Å². The summed E-state index contributed by atoms with van der Waals surface area (Å²) in [5, 5.41) is 10.7. The number of nitrogens with one attached hydrogen (secondary N) is 2. The minimum absolute atomic E-state index is 0.507. The highest BCUT2D eigenvalue weighted by Gasteiger charge is 2.13. The monoisotopic (exact) mass is 348 g/mol. The molecular formula is C18H28N4O3. The Bertz CT molecular complexity index is 613. The topological polar surface area (TPSA) is 84.8 Å². The van der Waals surface area contributed by atoms with E-state index in [1.54, 1.807) is 13.3 Å². The van der Waals surface area contributed by atoms with Crippen LogP contribution in [0.2, 0.25) is 0 Å².